The molecule has 0 N–H and O–H groups in total. The molecule has 3 rings (SSSR count). The summed E-state index contributed by atoms with van der Waals surface area (Å²) in [6.45, 7) is 5.06. The molecule has 2 heterocycles. The molecule has 2 aromatic rings. The van der Waals surface area contributed by atoms with Crippen molar-refractivity contribution in [2.75, 3.05) is 13.1 Å². The molecule has 0 atom stereocenters. The number of aromatic nitrogens is 1. The maximum atomic E-state index is 8.97. The number of pyridine rings is 1. The van der Waals surface area contributed by atoms with E-state index in [1.54, 1.807) is 0 Å². The van der Waals surface area contributed by atoms with Gasteiger partial charge in [-0.25, -0.2) is 0 Å². The number of piperidine rings is 1. The van der Waals surface area contributed by atoms with Gasteiger partial charge in [-0.15, -0.1) is 0 Å². The topological polar surface area (TPSA) is 39.9 Å². The quantitative estimate of drug-likeness (QED) is 0.836. The highest BCUT2D eigenvalue weighted by Crippen LogP contribution is 2.23. The Morgan fingerprint density at radius 2 is 2.05 bits per heavy atom. The third-order valence-corrected chi connectivity index (χ3v) is 4.09. The Morgan fingerprint density at radius 3 is 2.80 bits per heavy atom. The highest BCUT2D eigenvalue weighted by atomic mass is 15.1. The molecule has 0 unspecified atom stereocenters. The predicted molar refractivity (Wildman–Crippen MR) is 80.1 cm³/mol. The van der Waals surface area contributed by atoms with E-state index in [1.807, 2.05) is 6.07 Å². The van der Waals surface area contributed by atoms with E-state index in [0.717, 1.165) is 43.7 Å². The first-order chi connectivity index (χ1) is 9.76. The molecule has 1 saturated heterocycles. The van der Waals surface area contributed by atoms with Crippen molar-refractivity contribution in [1.82, 2.24) is 9.88 Å². The normalized spacial score (nSPS) is 17.2. The van der Waals surface area contributed by atoms with Gasteiger partial charge < -0.3 is 0 Å². The van der Waals surface area contributed by atoms with Gasteiger partial charge in [0.15, 0.2) is 0 Å². The molecule has 1 aromatic heterocycles. The molecule has 1 aliphatic rings. The molecule has 0 bridgehead atoms. The van der Waals surface area contributed by atoms with Gasteiger partial charge in [-0.2, -0.15) is 5.26 Å². The van der Waals surface area contributed by atoms with Crippen molar-refractivity contribution in [3.05, 3.63) is 41.6 Å². The molecular formula is C17H19N3. The molecule has 1 aromatic carbocycles. The molecule has 0 spiro atoms. The summed E-state index contributed by atoms with van der Waals surface area (Å²) in [7, 11) is 0. The average molecular weight is 265 g/mol. The molecule has 3 heteroatoms. The Bertz CT molecular complexity index is 649. The SMILES string of the molecule is Cc1cc(CN2CCC(C#N)CC2)c2ccccc2n1. The fourth-order valence-corrected chi connectivity index (χ4v) is 2.99. The smallest absolute Gasteiger partial charge is 0.0708 e. The second kappa shape index (κ2) is 5.60. The molecule has 0 amide bonds. The summed E-state index contributed by atoms with van der Waals surface area (Å²) in [6, 6.07) is 12.9. The molecule has 1 aliphatic heterocycles. The summed E-state index contributed by atoms with van der Waals surface area (Å²) in [5.74, 6) is 0.252. The van der Waals surface area contributed by atoms with Crippen LogP contribution in [0.3, 0.4) is 0 Å². The van der Waals surface area contributed by atoms with Gasteiger partial charge in [0, 0.05) is 23.5 Å². The minimum Gasteiger partial charge on any atom is -0.299 e. The van der Waals surface area contributed by atoms with E-state index in [-0.39, 0.29) is 5.92 Å². The average Bonchev–Trinajstić information content (AvgIpc) is 2.48. The Labute approximate surface area is 119 Å². The standard InChI is InChI=1S/C17H19N3/c1-13-10-15(16-4-2-3-5-17(16)19-13)12-20-8-6-14(11-18)7-9-20/h2-5,10,14H,6-9,12H2,1H3. The first-order valence-corrected chi connectivity index (χ1v) is 7.23. The number of para-hydroxylation sites is 1. The van der Waals surface area contributed by atoms with Crippen LogP contribution in [0.15, 0.2) is 30.3 Å². The number of likely N-dealkylation sites (tertiary alicyclic amines) is 1. The van der Waals surface area contributed by atoms with Gasteiger partial charge in [-0.05, 0) is 50.6 Å². The van der Waals surface area contributed by atoms with Crippen molar-refractivity contribution in [2.45, 2.75) is 26.3 Å². The number of nitrogens with zero attached hydrogens (tertiary/aromatic N) is 3. The van der Waals surface area contributed by atoms with Crippen LogP contribution >= 0.6 is 0 Å². The molecule has 3 nitrogen and oxygen atoms in total. The number of hydrogen-bond donors (Lipinski definition) is 0. The van der Waals surface area contributed by atoms with Crippen molar-refractivity contribution in [3.63, 3.8) is 0 Å². The van der Waals surface area contributed by atoms with E-state index < -0.39 is 0 Å². The molecule has 1 fully saturated rings. The van der Waals surface area contributed by atoms with Crippen LogP contribution in [-0.4, -0.2) is 23.0 Å². The second-order valence-electron chi connectivity index (χ2n) is 5.62. The molecule has 0 aliphatic carbocycles. The fourth-order valence-electron chi connectivity index (χ4n) is 2.99. The lowest BCUT2D eigenvalue weighted by molar-refractivity contribution is 0.199. The minimum absolute atomic E-state index is 0.252. The molecule has 0 saturated carbocycles. The van der Waals surface area contributed by atoms with Crippen LogP contribution in [0.5, 0.6) is 0 Å². The maximum Gasteiger partial charge on any atom is 0.0708 e. The first-order valence-electron chi connectivity index (χ1n) is 7.23. The van der Waals surface area contributed by atoms with Gasteiger partial charge in [0.2, 0.25) is 0 Å². The predicted octanol–water partition coefficient (Wildman–Crippen LogP) is 3.28. The van der Waals surface area contributed by atoms with E-state index in [0.29, 0.717) is 0 Å². The third kappa shape index (κ3) is 2.66. The highest BCUT2D eigenvalue weighted by molar-refractivity contribution is 5.82. The highest BCUT2D eigenvalue weighted by Gasteiger charge is 2.19. The van der Waals surface area contributed by atoms with Crippen LogP contribution in [0, 0.1) is 24.2 Å². The van der Waals surface area contributed by atoms with Crippen LogP contribution in [-0.2, 0) is 6.54 Å². The van der Waals surface area contributed by atoms with Gasteiger partial charge >= 0.3 is 0 Å². The van der Waals surface area contributed by atoms with Crippen LogP contribution in [0.4, 0.5) is 0 Å². The summed E-state index contributed by atoms with van der Waals surface area (Å²) in [6.07, 6.45) is 2.00. The van der Waals surface area contributed by atoms with E-state index in [2.05, 4.69) is 47.1 Å². The van der Waals surface area contributed by atoms with E-state index >= 15 is 0 Å². The van der Waals surface area contributed by atoms with Crippen LogP contribution in [0.1, 0.15) is 24.1 Å². The molecule has 102 valence electrons. The monoisotopic (exact) mass is 265 g/mol. The van der Waals surface area contributed by atoms with Gasteiger partial charge in [-0.3, -0.25) is 9.88 Å². The fraction of sp³-hybridized carbons (Fsp3) is 0.412. The zero-order valence-electron chi connectivity index (χ0n) is 11.8. The molecule has 0 radical (unpaired) electrons. The third-order valence-electron chi connectivity index (χ3n) is 4.09. The summed E-state index contributed by atoms with van der Waals surface area (Å²) in [4.78, 5) is 7.05. The lowest BCUT2D eigenvalue weighted by Crippen LogP contribution is -2.32. The Hall–Kier alpha value is -1.92. The van der Waals surface area contributed by atoms with Crippen molar-refractivity contribution in [2.24, 2.45) is 5.92 Å². The number of fused-ring (bicyclic) bond motifs is 1. The summed E-state index contributed by atoms with van der Waals surface area (Å²) in [5, 5.41) is 10.2. The Morgan fingerprint density at radius 1 is 1.30 bits per heavy atom. The van der Waals surface area contributed by atoms with Crippen molar-refractivity contribution in [1.29, 1.82) is 5.26 Å². The van der Waals surface area contributed by atoms with E-state index in [9.17, 15) is 0 Å². The number of nitriles is 1. The first kappa shape index (κ1) is 13.1. The zero-order chi connectivity index (χ0) is 13.9. The van der Waals surface area contributed by atoms with Crippen LogP contribution < -0.4 is 0 Å². The minimum atomic E-state index is 0.252. The molecule has 20 heavy (non-hydrogen) atoms. The second-order valence-corrected chi connectivity index (χ2v) is 5.62. The lowest BCUT2D eigenvalue weighted by atomic mass is 9.98. The summed E-state index contributed by atoms with van der Waals surface area (Å²) < 4.78 is 0. The number of benzene rings is 1. The van der Waals surface area contributed by atoms with Crippen LogP contribution in [0.2, 0.25) is 0 Å². The largest absolute Gasteiger partial charge is 0.299 e. The lowest BCUT2D eigenvalue weighted by Gasteiger charge is -2.29. The van der Waals surface area contributed by atoms with E-state index in [4.69, 9.17) is 5.26 Å². The maximum absolute atomic E-state index is 8.97. The van der Waals surface area contributed by atoms with Crippen molar-refractivity contribution >= 4 is 10.9 Å². The summed E-state index contributed by atoms with van der Waals surface area (Å²) >= 11 is 0. The Kier molecular flexibility index (Phi) is 3.66. The van der Waals surface area contributed by atoms with Gasteiger partial charge in [0.05, 0.1) is 11.6 Å². The van der Waals surface area contributed by atoms with Crippen molar-refractivity contribution in [3.8, 4) is 6.07 Å². The number of hydrogen-bond acceptors (Lipinski definition) is 3. The van der Waals surface area contributed by atoms with Crippen molar-refractivity contribution < 1.29 is 0 Å². The van der Waals surface area contributed by atoms with Gasteiger partial charge in [0.25, 0.3) is 0 Å². The number of rotatable bonds is 2. The zero-order valence-corrected chi connectivity index (χ0v) is 11.8. The molecular weight excluding hydrogens is 246 g/mol. The van der Waals surface area contributed by atoms with Gasteiger partial charge in [0.1, 0.15) is 0 Å². The Balaban J connectivity index is 1.83. The van der Waals surface area contributed by atoms with Crippen LogP contribution in [0.25, 0.3) is 10.9 Å². The summed E-state index contributed by atoms with van der Waals surface area (Å²) in [5.41, 5.74) is 3.50. The van der Waals surface area contributed by atoms with E-state index in [1.165, 1.54) is 10.9 Å². The van der Waals surface area contributed by atoms with Gasteiger partial charge in [-0.1, -0.05) is 18.2 Å². The number of aryl methyl sites for hydroxylation is 1.